The second kappa shape index (κ2) is 6.24. The van der Waals surface area contributed by atoms with Gasteiger partial charge in [-0.1, -0.05) is 29.3 Å². The number of hydroxylamine groups is 1. The van der Waals surface area contributed by atoms with Gasteiger partial charge in [-0.25, -0.2) is 0 Å². The first-order valence-electron chi connectivity index (χ1n) is 6.13. The molecular weight excluding hydrogens is 313 g/mol. The highest BCUT2D eigenvalue weighted by atomic mass is 35.5. The first kappa shape index (κ1) is 15.5. The fourth-order valence-electron chi connectivity index (χ4n) is 1.98. The average molecular weight is 327 g/mol. The molecule has 0 unspecified atom stereocenters. The maximum absolute atomic E-state index is 10.2. The van der Waals surface area contributed by atoms with E-state index in [2.05, 4.69) is 0 Å². The molecular formula is C15H14Cl2NO3+. The molecule has 0 aromatic heterocycles. The highest BCUT2D eigenvalue weighted by molar-refractivity contribution is 6.35. The molecule has 0 bridgehead atoms. The molecule has 0 aliphatic heterocycles. The van der Waals surface area contributed by atoms with Crippen molar-refractivity contribution in [3.8, 4) is 11.5 Å². The molecule has 0 aliphatic rings. The number of hydrogen-bond donors (Lipinski definition) is 3. The van der Waals surface area contributed by atoms with E-state index in [-0.39, 0.29) is 17.9 Å². The molecule has 0 saturated heterocycles. The monoisotopic (exact) mass is 326 g/mol. The zero-order valence-corrected chi connectivity index (χ0v) is 12.7. The molecule has 0 fully saturated rings. The summed E-state index contributed by atoms with van der Waals surface area (Å²) in [4.78, 5) is 0. The third kappa shape index (κ3) is 3.60. The van der Waals surface area contributed by atoms with Crippen LogP contribution in [0.3, 0.4) is 0 Å². The summed E-state index contributed by atoms with van der Waals surface area (Å²) in [7, 11) is 1.42. The molecule has 4 nitrogen and oxygen atoms in total. The van der Waals surface area contributed by atoms with Crippen molar-refractivity contribution in [2.75, 3.05) is 7.05 Å². The van der Waals surface area contributed by atoms with E-state index < -0.39 is 0 Å². The van der Waals surface area contributed by atoms with Crippen molar-refractivity contribution in [1.29, 1.82) is 0 Å². The van der Waals surface area contributed by atoms with E-state index in [0.29, 0.717) is 21.2 Å². The predicted octanol–water partition coefficient (Wildman–Crippen LogP) is 3.45. The maximum atomic E-state index is 10.2. The lowest BCUT2D eigenvalue weighted by molar-refractivity contribution is -0.751. The van der Waals surface area contributed by atoms with E-state index in [1.807, 2.05) is 0 Å². The minimum absolute atomic E-state index is 0.0451. The van der Waals surface area contributed by atoms with Gasteiger partial charge in [-0.2, -0.15) is 0 Å². The summed E-state index contributed by atoms with van der Waals surface area (Å²) >= 11 is 11.9. The Hall–Kier alpha value is -1.91. The number of halogens is 2. The molecule has 3 N–H and O–H groups in total. The van der Waals surface area contributed by atoms with Crippen LogP contribution in [-0.2, 0) is 6.42 Å². The highest BCUT2D eigenvalue weighted by Gasteiger charge is 2.15. The molecule has 21 heavy (non-hydrogen) atoms. The molecule has 110 valence electrons. The molecule has 2 aromatic carbocycles. The first-order valence-corrected chi connectivity index (χ1v) is 6.88. The molecule has 2 aromatic rings. The lowest BCUT2D eigenvalue weighted by atomic mass is 10.0. The molecule has 6 heteroatoms. The van der Waals surface area contributed by atoms with Gasteiger partial charge in [0.15, 0.2) is 7.05 Å². The molecule has 0 spiro atoms. The van der Waals surface area contributed by atoms with Crippen molar-refractivity contribution in [2.24, 2.45) is 0 Å². The lowest BCUT2D eigenvalue weighted by Crippen LogP contribution is -2.02. The Morgan fingerprint density at radius 3 is 2.48 bits per heavy atom. The predicted molar refractivity (Wildman–Crippen MR) is 82.2 cm³/mol. The van der Waals surface area contributed by atoms with Crippen molar-refractivity contribution in [3.05, 3.63) is 57.1 Å². The second-order valence-corrected chi connectivity index (χ2v) is 5.46. The van der Waals surface area contributed by atoms with E-state index in [1.165, 1.54) is 25.4 Å². The fourth-order valence-corrected chi connectivity index (χ4v) is 2.45. The lowest BCUT2D eigenvalue weighted by Gasteiger charge is -2.10. The van der Waals surface area contributed by atoms with Crippen molar-refractivity contribution in [2.45, 2.75) is 6.42 Å². The van der Waals surface area contributed by atoms with Crippen LogP contribution in [0, 0.1) is 0 Å². The molecule has 0 saturated carbocycles. The largest absolute Gasteiger partial charge is 0.508 e. The number of phenols is 2. The zero-order chi connectivity index (χ0) is 15.6. The molecule has 2 rings (SSSR count). The Balaban J connectivity index is 2.46. The van der Waals surface area contributed by atoms with Crippen LogP contribution in [0.1, 0.15) is 16.7 Å². The van der Waals surface area contributed by atoms with Gasteiger partial charge in [-0.15, -0.1) is 0 Å². The number of aromatic hydroxyl groups is 2. The maximum Gasteiger partial charge on any atom is 0.226 e. The van der Waals surface area contributed by atoms with Crippen molar-refractivity contribution < 1.29 is 20.2 Å². The van der Waals surface area contributed by atoms with Crippen LogP contribution in [-0.4, -0.2) is 33.4 Å². The minimum atomic E-state index is -0.109. The Morgan fingerprint density at radius 2 is 1.86 bits per heavy atom. The van der Waals surface area contributed by atoms with Gasteiger partial charge in [0.1, 0.15) is 11.5 Å². The molecule has 0 radical (unpaired) electrons. The summed E-state index contributed by atoms with van der Waals surface area (Å²) < 4.78 is 0.825. The summed E-state index contributed by atoms with van der Waals surface area (Å²) in [5.74, 6) is -0.154. The standard InChI is InChI=1S/C15H13Cl2NO3/c1-18(21)8-10-3-5-14(19)12(15(10)20)6-9-2-4-11(16)7-13(9)17/h2-5,7-8,21H,6H2,1H3,(H,19,20)/p+1. The molecule has 0 aliphatic carbocycles. The average Bonchev–Trinajstić information content (AvgIpc) is 2.40. The quantitative estimate of drug-likeness (QED) is 0.350. The van der Waals surface area contributed by atoms with E-state index in [9.17, 15) is 15.4 Å². The second-order valence-electron chi connectivity index (χ2n) is 4.62. The number of benzene rings is 2. The number of rotatable bonds is 3. The van der Waals surface area contributed by atoms with E-state index in [1.54, 1.807) is 18.2 Å². The van der Waals surface area contributed by atoms with Crippen LogP contribution in [0.2, 0.25) is 10.0 Å². The van der Waals surface area contributed by atoms with Crippen molar-refractivity contribution in [1.82, 2.24) is 0 Å². The Bertz CT molecular complexity index is 710. The number of phenolic OH excluding ortho intramolecular Hbond substituents is 2. The number of nitrogens with zero attached hydrogens (tertiary/aromatic N) is 1. The van der Waals surface area contributed by atoms with E-state index >= 15 is 0 Å². The van der Waals surface area contributed by atoms with Crippen molar-refractivity contribution >= 4 is 29.4 Å². The van der Waals surface area contributed by atoms with Gasteiger partial charge in [0.2, 0.25) is 6.21 Å². The SMILES string of the molecule is C[N+](O)=Cc1ccc(O)c(Cc2ccc(Cl)cc2Cl)c1O. The third-order valence-electron chi connectivity index (χ3n) is 3.00. The van der Waals surface area contributed by atoms with Crippen molar-refractivity contribution in [3.63, 3.8) is 0 Å². The van der Waals surface area contributed by atoms with Gasteiger partial charge in [0, 0.05) is 22.0 Å². The van der Waals surface area contributed by atoms with Gasteiger partial charge < -0.3 is 10.2 Å². The smallest absolute Gasteiger partial charge is 0.226 e. The Labute approximate surface area is 132 Å². The van der Waals surface area contributed by atoms with Crippen LogP contribution in [0.5, 0.6) is 11.5 Å². The Kier molecular flexibility index (Phi) is 4.60. The van der Waals surface area contributed by atoms with Gasteiger partial charge in [0.25, 0.3) is 0 Å². The van der Waals surface area contributed by atoms with Gasteiger partial charge in [-0.3, -0.25) is 5.21 Å². The van der Waals surface area contributed by atoms with Gasteiger partial charge in [-0.05, 0) is 34.6 Å². The van der Waals surface area contributed by atoms with Crippen LogP contribution >= 0.6 is 23.2 Å². The molecule has 0 heterocycles. The van der Waals surface area contributed by atoms with E-state index in [4.69, 9.17) is 23.2 Å². The van der Waals surface area contributed by atoms with Crippen LogP contribution in [0.4, 0.5) is 0 Å². The summed E-state index contributed by atoms with van der Waals surface area (Å²) in [5.41, 5.74) is 1.44. The van der Waals surface area contributed by atoms with Gasteiger partial charge in [0.05, 0.1) is 5.56 Å². The highest BCUT2D eigenvalue weighted by Crippen LogP contribution is 2.33. The zero-order valence-electron chi connectivity index (χ0n) is 11.2. The summed E-state index contributed by atoms with van der Waals surface area (Å²) in [6.07, 6.45) is 1.58. The first-order chi connectivity index (χ1) is 9.88. The summed E-state index contributed by atoms with van der Waals surface area (Å²) in [5, 5.41) is 30.4. The van der Waals surface area contributed by atoms with Crippen LogP contribution in [0.25, 0.3) is 0 Å². The van der Waals surface area contributed by atoms with Crippen LogP contribution in [0.15, 0.2) is 30.3 Å². The minimum Gasteiger partial charge on any atom is -0.508 e. The van der Waals surface area contributed by atoms with Gasteiger partial charge >= 0.3 is 0 Å². The van der Waals surface area contributed by atoms with E-state index in [0.717, 1.165) is 10.3 Å². The van der Waals surface area contributed by atoms with Crippen LogP contribution < -0.4 is 0 Å². The Morgan fingerprint density at radius 1 is 1.14 bits per heavy atom. The third-order valence-corrected chi connectivity index (χ3v) is 3.58. The molecule has 0 atom stereocenters. The molecule has 0 amide bonds. The summed E-state index contributed by atoms with van der Waals surface area (Å²) in [6.45, 7) is 0. The summed E-state index contributed by atoms with van der Waals surface area (Å²) in [6, 6.07) is 7.98. The fraction of sp³-hybridized carbons (Fsp3) is 0.133. The topological polar surface area (TPSA) is 63.7 Å². The number of hydrogen-bond acceptors (Lipinski definition) is 3. The normalized spacial score (nSPS) is 11.7.